The highest BCUT2D eigenvalue weighted by molar-refractivity contribution is 6.08. The van der Waals surface area contributed by atoms with E-state index in [2.05, 4.69) is 0 Å². The Morgan fingerprint density at radius 1 is 1.62 bits per heavy atom. The molecule has 0 heterocycles. The largest absolute Gasteiger partial charge is 0.369 e. The average molecular weight is 179 g/mol. The number of ketones is 1. The van der Waals surface area contributed by atoms with Gasteiger partial charge in [0.15, 0.2) is 5.78 Å². The van der Waals surface area contributed by atoms with Crippen LogP contribution in [0.25, 0.3) is 0 Å². The van der Waals surface area contributed by atoms with Gasteiger partial charge < -0.3 is 5.73 Å². The predicted octanol–water partition coefficient (Wildman–Crippen LogP) is 0.787. The van der Waals surface area contributed by atoms with Crippen LogP contribution in [-0.2, 0) is 9.59 Å². The topological polar surface area (TPSA) is 60.2 Å². The van der Waals surface area contributed by atoms with Crippen molar-refractivity contribution < 1.29 is 9.59 Å². The van der Waals surface area contributed by atoms with Crippen molar-refractivity contribution in [3.05, 3.63) is 12.2 Å². The van der Waals surface area contributed by atoms with Crippen molar-refractivity contribution in [1.82, 2.24) is 0 Å². The Kier molecular flexibility index (Phi) is 1.75. The number of amides is 1. The molecule has 0 radical (unpaired) electrons. The molecule has 0 aliphatic heterocycles. The molecule has 2 N–H and O–H groups in total. The van der Waals surface area contributed by atoms with Gasteiger partial charge in [0, 0.05) is 5.92 Å². The standard InChI is InChI=1S/C10H13NO2/c11-9(13)10-5-1-3-7(8(10)12)4-2-6-10/h1,3,7H,2,4-6H2,(H2,11,13). The van der Waals surface area contributed by atoms with Crippen LogP contribution in [0.2, 0.25) is 0 Å². The lowest BCUT2D eigenvalue weighted by atomic mass is 9.63. The average Bonchev–Trinajstić information content (AvgIpc) is 2.03. The molecule has 70 valence electrons. The normalized spacial score (nSPS) is 37.5. The Labute approximate surface area is 77.0 Å². The van der Waals surface area contributed by atoms with Crippen molar-refractivity contribution in [3.8, 4) is 0 Å². The maximum absolute atomic E-state index is 11.8. The van der Waals surface area contributed by atoms with Crippen LogP contribution in [0.4, 0.5) is 0 Å². The highest BCUT2D eigenvalue weighted by Gasteiger charge is 2.49. The summed E-state index contributed by atoms with van der Waals surface area (Å²) in [6, 6.07) is 0. The van der Waals surface area contributed by atoms with E-state index in [1.807, 2.05) is 12.2 Å². The number of hydrogen-bond acceptors (Lipinski definition) is 2. The van der Waals surface area contributed by atoms with E-state index in [-0.39, 0.29) is 11.7 Å². The molecule has 1 amide bonds. The van der Waals surface area contributed by atoms with E-state index in [9.17, 15) is 9.59 Å². The van der Waals surface area contributed by atoms with Crippen molar-refractivity contribution in [2.45, 2.75) is 25.7 Å². The van der Waals surface area contributed by atoms with Gasteiger partial charge in [-0.3, -0.25) is 9.59 Å². The molecule has 2 aliphatic carbocycles. The van der Waals surface area contributed by atoms with Gasteiger partial charge >= 0.3 is 0 Å². The fourth-order valence-electron chi connectivity index (χ4n) is 2.40. The lowest BCUT2D eigenvalue weighted by molar-refractivity contribution is -0.145. The van der Waals surface area contributed by atoms with Crippen LogP contribution < -0.4 is 5.73 Å². The second-order valence-corrected chi connectivity index (χ2v) is 3.94. The first-order valence-electron chi connectivity index (χ1n) is 4.68. The van der Waals surface area contributed by atoms with Gasteiger partial charge in [-0.1, -0.05) is 18.6 Å². The third-order valence-corrected chi connectivity index (χ3v) is 3.23. The number of fused-ring (bicyclic) bond motifs is 2. The molecular formula is C10H13NO2. The van der Waals surface area contributed by atoms with Gasteiger partial charge in [0.05, 0.1) is 0 Å². The smallest absolute Gasteiger partial charge is 0.231 e. The van der Waals surface area contributed by atoms with E-state index < -0.39 is 11.3 Å². The summed E-state index contributed by atoms with van der Waals surface area (Å²) < 4.78 is 0. The van der Waals surface area contributed by atoms with Crippen molar-refractivity contribution in [1.29, 1.82) is 0 Å². The summed E-state index contributed by atoms with van der Waals surface area (Å²) in [5, 5.41) is 0. The van der Waals surface area contributed by atoms with Gasteiger partial charge in [0.25, 0.3) is 0 Å². The molecule has 1 saturated carbocycles. The number of hydrogen-bond donors (Lipinski definition) is 1. The monoisotopic (exact) mass is 179 g/mol. The van der Waals surface area contributed by atoms with E-state index in [1.54, 1.807) is 0 Å². The van der Waals surface area contributed by atoms with Gasteiger partial charge in [-0.15, -0.1) is 0 Å². The number of Topliss-reactive ketones (excluding diaryl/α,β-unsaturated/α-hetero) is 1. The Morgan fingerprint density at radius 2 is 2.38 bits per heavy atom. The van der Waals surface area contributed by atoms with Crippen molar-refractivity contribution in [2.75, 3.05) is 0 Å². The quantitative estimate of drug-likeness (QED) is 0.478. The third-order valence-electron chi connectivity index (χ3n) is 3.23. The molecule has 0 saturated heterocycles. The van der Waals surface area contributed by atoms with Crippen LogP contribution >= 0.6 is 0 Å². The van der Waals surface area contributed by atoms with E-state index in [0.29, 0.717) is 12.8 Å². The summed E-state index contributed by atoms with van der Waals surface area (Å²) in [7, 11) is 0. The zero-order valence-electron chi connectivity index (χ0n) is 7.45. The van der Waals surface area contributed by atoms with Crippen LogP contribution in [0, 0.1) is 11.3 Å². The summed E-state index contributed by atoms with van der Waals surface area (Å²) >= 11 is 0. The molecular weight excluding hydrogens is 166 g/mol. The highest BCUT2D eigenvalue weighted by atomic mass is 16.2. The third kappa shape index (κ3) is 1.03. The number of primary amides is 1. The van der Waals surface area contributed by atoms with Crippen LogP contribution in [0.15, 0.2) is 12.2 Å². The fraction of sp³-hybridized carbons (Fsp3) is 0.600. The van der Waals surface area contributed by atoms with Gasteiger partial charge in [0.1, 0.15) is 5.41 Å². The molecule has 1 fully saturated rings. The van der Waals surface area contributed by atoms with Gasteiger partial charge in [-0.2, -0.15) is 0 Å². The second-order valence-electron chi connectivity index (χ2n) is 3.94. The van der Waals surface area contributed by atoms with Crippen molar-refractivity contribution in [3.63, 3.8) is 0 Å². The van der Waals surface area contributed by atoms with E-state index in [4.69, 9.17) is 5.73 Å². The lowest BCUT2D eigenvalue weighted by Crippen LogP contribution is -2.50. The molecule has 13 heavy (non-hydrogen) atoms. The minimum atomic E-state index is -0.850. The molecule has 2 atom stereocenters. The maximum atomic E-state index is 11.8. The van der Waals surface area contributed by atoms with Crippen molar-refractivity contribution >= 4 is 11.7 Å². The first-order valence-corrected chi connectivity index (χ1v) is 4.68. The molecule has 3 heteroatoms. The number of allylic oxidation sites excluding steroid dienone is 2. The van der Waals surface area contributed by atoms with E-state index in [1.165, 1.54) is 0 Å². The molecule has 2 bridgehead atoms. The minimum Gasteiger partial charge on any atom is -0.369 e. The van der Waals surface area contributed by atoms with E-state index in [0.717, 1.165) is 12.8 Å². The lowest BCUT2D eigenvalue weighted by Gasteiger charge is -2.38. The summed E-state index contributed by atoms with van der Waals surface area (Å²) in [5.41, 5.74) is 4.46. The molecule has 0 aromatic rings. The van der Waals surface area contributed by atoms with E-state index >= 15 is 0 Å². The maximum Gasteiger partial charge on any atom is 0.231 e. The number of carbonyl (C=O) groups is 2. The Hall–Kier alpha value is -1.12. The van der Waals surface area contributed by atoms with Gasteiger partial charge in [-0.25, -0.2) is 0 Å². The van der Waals surface area contributed by atoms with Gasteiger partial charge in [0.2, 0.25) is 5.91 Å². The molecule has 0 aromatic heterocycles. The second kappa shape index (κ2) is 2.69. The van der Waals surface area contributed by atoms with Gasteiger partial charge in [-0.05, 0) is 19.3 Å². The fourth-order valence-corrected chi connectivity index (χ4v) is 2.40. The molecule has 3 nitrogen and oxygen atoms in total. The Morgan fingerprint density at radius 3 is 3.00 bits per heavy atom. The van der Waals surface area contributed by atoms with Crippen LogP contribution in [-0.4, -0.2) is 11.7 Å². The number of carbonyl (C=O) groups excluding carboxylic acids is 2. The Balaban J connectivity index is 2.42. The Bertz CT molecular complexity index is 295. The SMILES string of the molecule is NC(=O)C12CC=CC(CCC1)C2=O. The number of rotatable bonds is 1. The first kappa shape index (κ1) is 8.48. The minimum absolute atomic E-state index is 0.0463. The zero-order chi connectivity index (χ0) is 9.47. The molecule has 0 spiro atoms. The van der Waals surface area contributed by atoms with Crippen molar-refractivity contribution in [2.24, 2.45) is 17.1 Å². The van der Waals surface area contributed by atoms with Crippen LogP contribution in [0.5, 0.6) is 0 Å². The molecule has 2 aliphatic rings. The highest BCUT2D eigenvalue weighted by Crippen LogP contribution is 2.42. The molecule has 0 aromatic carbocycles. The summed E-state index contributed by atoms with van der Waals surface area (Å²) in [5.74, 6) is -0.435. The number of nitrogens with two attached hydrogens (primary N) is 1. The zero-order valence-corrected chi connectivity index (χ0v) is 7.45. The molecule has 2 rings (SSSR count). The van der Waals surface area contributed by atoms with Crippen LogP contribution in [0.3, 0.4) is 0 Å². The molecule has 2 unspecified atom stereocenters. The first-order chi connectivity index (χ1) is 6.17. The van der Waals surface area contributed by atoms with Crippen LogP contribution in [0.1, 0.15) is 25.7 Å². The summed E-state index contributed by atoms with van der Waals surface area (Å²) in [6.45, 7) is 0. The summed E-state index contributed by atoms with van der Waals surface area (Å²) in [6.07, 6.45) is 6.81. The summed E-state index contributed by atoms with van der Waals surface area (Å²) in [4.78, 5) is 23.1. The predicted molar refractivity (Wildman–Crippen MR) is 47.7 cm³/mol.